The van der Waals surface area contributed by atoms with Crippen LogP contribution < -0.4 is 0 Å². The third kappa shape index (κ3) is 2.29. The van der Waals surface area contributed by atoms with Crippen molar-refractivity contribution in [2.24, 2.45) is 5.18 Å². The first-order valence-corrected chi connectivity index (χ1v) is 4.27. The van der Waals surface area contributed by atoms with Gasteiger partial charge in [0.15, 0.2) is 6.04 Å². The summed E-state index contributed by atoms with van der Waals surface area (Å²) in [7, 11) is 0. The number of nitroso groups, excluding NO2 is 1. The third-order valence-corrected chi connectivity index (χ3v) is 2.08. The van der Waals surface area contributed by atoms with Crippen LogP contribution in [0.1, 0.15) is 32.6 Å². The third-order valence-electron chi connectivity index (χ3n) is 2.08. The van der Waals surface area contributed by atoms with Crippen molar-refractivity contribution in [3.63, 3.8) is 0 Å². The van der Waals surface area contributed by atoms with Gasteiger partial charge >= 0.3 is 5.97 Å². The number of carbonyl (C=O) groups is 1. The molecule has 0 spiro atoms. The molecule has 1 atom stereocenters. The molecule has 0 aromatic heterocycles. The summed E-state index contributed by atoms with van der Waals surface area (Å²) < 4.78 is 5.03. The molecule has 0 aliphatic heterocycles. The molecule has 0 aromatic carbocycles. The number of ether oxygens (including phenoxy) is 1. The maximum Gasteiger partial charge on any atom is 0.334 e. The molecule has 0 radical (unpaired) electrons. The summed E-state index contributed by atoms with van der Waals surface area (Å²) in [4.78, 5) is 21.0. The summed E-state index contributed by atoms with van der Waals surface area (Å²) in [5.74, 6) is -0.489. The highest BCUT2D eigenvalue weighted by Gasteiger charge is 2.22. The summed E-state index contributed by atoms with van der Waals surface area (Å²) in [6, 6.07) is -0.856. The van der Waals surface area contributed by atoms with Gasteiger partial charge in [-0.15, -0.1) is 4.91 Å². The predicted octanol–water partition coefficient (Wildman–Crippen LogP) is 1.63. The number of hydrogen-bond acceptors (Lipinski definition) is 4. The number of rotatable bonds is 3. The van der Waals surface area contributed by atoms with E-state index in [2.05, 4.69) is 5.18 Å². The van der Waals surface area contributed by atoms with Gasteiger partial charge in [0.05, 0.1) is 0 Å². The van der Waals surface area contributed by atoms with Crippen molar-refractivity contribution in [3.8, 4) is 0 Å². The highest BCUT2D eigenvalue weighted by atomic mass is 16.5. The van der Waals surface area contributed by atoms with Gasteiger partial charge in [0.2, 0.25) is 0 Å². The van der Waals surface area contributed by atoms with E-state index in [0.29, 0.717) is 0 Å². The molecule has 0 amide bonds. The van der Waals surface area contributed by atoms with Gasteiger partial charge in [-0.1, -0.05) is 5.18 Å². The Balaban J connectivity index is 2.29. The average molecular weight is 171 g/mol. The van der Waals surface area contributed by atoms with Gasteiger partial charge in [-0.2, -0.15) is 0 Å². The van der Waals surface area contributed by atoms with Gasteiger partial charge in [0.1, 0.15) is 6.10 Å². The molecule has 0 aromatic rings. The van der Waals surface area contributed by atoms with E-state index in [1.54, 1.807) is 0 Å². The molecule has 1 aliphatic carbocycles. The molecule has 1 fully saturated rings. The summed E-state index contributed by atoms with van der Waals surface area (Å²) in [5.41, 5.74) is 0. The second-order valence-corrected chi connectivity index (χ2v) is 3.12. The predicted molar refractivity (Wildman–Crippen MR) is 43.6 cm³/mol. The van der Waals surface area contributed by atoms with Crippen molar-refractivity contribution in [2.75, 3.05) is 0 Å². The van der Waals surface area contributed by atoms with Crippen LogP contribution in [0, 0.1) is 4.91 Å². The number of carbonyl (C=O) groups excluding carboxylic acids is 1. The van der Waals surface area contributed by atoms with E-state index in [1.807, 2.05) is 0 Å². The minimum absolute atomic E-state index is 0.0294. The molecule has 1 rings (SSSR count). The first kappa shape index (κ1) is 9.16. The Bertz CT molecular complexity index is 175. The maximum atomic E-state index is 11.0. The van der Waals surface area contributed by atoms with Crippen molar-refractivity contribution in [1.29, 1.82) is 0 Å². The van der Waals surface area contributed by atoms with Crippen molar-refractivity contribution in [2.45, 2.75) is 44.8 Å². The molecule has 1 saturated carbocycles. The van der Waals surface area contributed by atoms with Gasteiger partial charge in [-0.25, -0.2) is 4.79 Å². The van der Waals surface area contributed by atoms with E-state index in [9.17, 15) is 9.70 Å². The molecule has 1 aliphatic rings. The lowest BCUT2D eigenvalue weighted by Crippen LogP contribution is -2.22. The lowest BCUT2D eigenvalue weighted by atomic mass is 10.3. The lowest BCUT2D eigenvalue weighted by Gasteiger charge is -2.11. The molecule has 0 bridgehead atoms. The van der Waals surface area contributed by atoms with Crippen LogP contribution in [0.3, 0.4) is 0 Å². The van der Waals surface area contributed by atoms with E-state index >= 15 is 0 Å². The van der Waals surface area contributed by atoms with Crippen molar-refractivity contribution < 1.29 is 9.53 Å². The summed E-state index contributed by atoms with van der Waals surface area (Å²) in [6.45, 7) is 1.45. The monoisotopic (exact) mass is 171 g/mol. The smallest absolute Gasteiger partial charge is 0.334 e. The fraction of sp³-hybridized carbons (Fsp3) is 0.875. The zero-order valence-corrected chi connectivity index (χ0v) is 7.16. The van der Waals surface area contributed by atoms with Crippen LogP contribution >= 0.6 is 0 Å². The average Bonchev–Trinajstić information content (AvgIpc) is 2.55. The molecule has 68 valence electrons. The molecular formula is C8H13NO3. The van der Waals surface area contributed by atoms with Crippen LogP contribution in [-0.2, 0) is 9.53 Å². The second kappa shape index (κ2) is 4.18. The fourth-order valence-corrected chi connectivity index (χ4v) is 1.31. The van der Waals surface area contributed by atoms with Gasteiger partial charge < -0.3 is 4.74 Å². The van der Waals surface area contributed by atoms with Crippen LogP contribution in [0.25, 0.3) is 0 Å². The van der Waals surface area contributed by atoms with Crippen LogP contribution in [-0.4, -0.2) is 18.1 Å². The minimum atomic E-state index is -0.856. The van der Waals surface area contributed by atoms with Gasteiger partial charge in [0.25, 0.3) is 0 Å². The van der Waals surface area contributed by atoms with E-state index < -0.39 is 12.0 Å². The summed E-state index contributed by atoms with van der Waals surface area (Å²) in [6.07, 6.45) is 4.11. The Hall–Kier alpha value is -0.930. The first-order chi connectivity index (χ1) is 5.74. The van der Waals surface area contributed by atoms with Gasteiger partial charge in [-0.3, -0.25) is 0 Å². The highest BCUT2D eigenvalue weighted by molar-refractivity contribution is 5.75. The fourth-order valence-electron chi connectivity index (χ4n) is 1.31. The topological polar surface area (TPSA) is 55.7 Å². The highest BCUT2D eigenvalue weighted by Crippen LogP contribution is 2.21. The molecule has 0 heterocycles. The molecule has 4 nitrogen and oxygen atoms in total. The van der Waals surface area contributed by atoms with Crippen LogP contribution in [0.5, 0.6) is 0 Å². The Morgan fingerprint density at radius 3 is 2.58 bits per heavy atom. The molecule has 0 saturated heterocycles. The number of nitrogens with zero attached hydrogens (tertiary/aromatic N) is 1. The molecule has 0 unspecified atom stereocenters. The normalized spacial score (nSPS) is 20.4. The zero-order chi connectivity index (χ0) is 8.97. The van der Waals surface area contributed by atoms with E-state index in [0.717, 1.165) is 25.7 Å². The molecule has 0 N–H and O–H groups in total. The van der Waals surface area contributed by atoms with Crippen LogP contribution in [0.2, 0.25) is 0 Å². The SMILES string of the molecule is C[C@H](N=O)C(=O)OC1CCCC1. The van der Waals surface area contributed by atoms with Crippen molar-refractivity contribution >= 4 is 5.97 Å². The Kier molecular flexibility index (Phi) is 3.19. The van der Waals surface area contributed by atoms with E-state index in [-0.39, 0.29) is 6.10 Å². The van der Waals surface area contributed by atoms with Gasteiger partial charge in [-0.05, 0) is 32.6 Å². The number of esters is 1. The van der Waals surface area contributed by atoms with Crippen LogP contribution in [0.4, 0.5) is 0 Å². The van der Waals surface area contributed by atoms with Crippen molar-refractivity contribution in [1.82, 2.24) is 0 Å². The van der Waals surface area contributed by atoms with E-state index in [4.69, 9.17) is 4.74 Å². The molecular weight excluding hydrogens is 158 g/mol. The molecule has 12 heavy (non-hydrogen) atoms. The zero-order valence-electron chi connectivity index (χ0n) is 7.16. The Morgan fingerprint density at radius 2 is 2.08 bits per heavy atom. The summed E-state index contributed by atoms with van der Waals surface area (Å²) >= 11 is 0. The Morgan fingerprint density at radius 1 is 1.50 bits per heavy atom. The number of hydrogen-bond donors (Lipinski definition) is 0. The largest absolute Gasteiger partial charge is 0.461 e. The maximum absolute atomic E-state index is 11.0. The van der Waals surface area contributed by atoms with Crippen LogP contribution in [0.15, 0.2) is 5.18 Å². The van der Waals surface area contributed by atoms with E-state index in [1.165, 1.54) is 6.92 Å². The first-order valence-electron chi connectivity index (χ1n) is 4.27. The standard InChI is InChI=1S/C8H13NO3/c1-6(9-11)8(10)12-7-4-2-3-5-7/h6-7H,2-5H2,1H3/t6-/m0/s1. The Labute approximate surface area is 71.3 Å². The second-order valence-electron chi connectivity index (χ2n) is 3.12. The van der Waals surface area contributed by atoms with Crippen molar-refractivity contribution in [3.05, 3.63) is 4.91 Å². The lowest BCUT2D eigenvalue weighted by molar-refractivity contribution is -0.149. The molecule has 4 heteroatoms. The van der Waals surface area contributed by atoms with Gasteiger partial charge in [0, 0.05) is 0 Å². The quantitative estimate of drug-likeness (QED) is 0.479. The summed E-state index contributed by atoms with van der Waals surface area (Å²) in [5, 5.41) is 2.61. The minimum Gasteiger partial charge on any atom is -0.461 e.